The van der Waals surface area contributed by atoms with Crippen LogP contribution in [0.15, 0.2) is 6.20 Å². The minimum atomic E-state index is -0.461. The Hall–Kier alpha value is -1.47. The maximum absolute atomic E-state index is 13.5. The van der Waals surface area contributed by atoms with E-state index in [1.54, 1.807) is 0 Å². The summed E-state index contributed by atoms with van der Waals surface area (Å²) in [6.07, 6.45) is 3.22. The highest BCUT2D eigenvalue weighted by atomic mass is 19.1. The number of nitrogens with two attached hydrogens (primary N) is 1. The van der Waals surface area contributed by atoms with E-state index in [0.717, 1.165) is 32.1 Å². The van der Waals surface area contributed by atoms with E-state index in [-0.39, 0.29) is 17.8 Å². The Balaban J connectivity index is 2.06. The molecule has 0 aromatic carbocycles. The van der Waals surface area contributed by atoms with Crippen molar-refractivity contribution >= 4 is 11.8 Å². The van der Waals surface area contributed by atoms with Crippen LogP contribution in [0.5, 0.6) is 0 Å². The van der Waals surface area contributed by atoms with Gasteiger partial charge in [-0.15, -0.1) is 0 Å². The van der Waals surface area contributed by atoms with Gasteiger partial charge in [0.05, 0.1) is 6.20 Å². The van der Waals surface area contributed by atoms with Crippen LogP contribution >= 0.6 is 0 Å². The SMILES string of the molecule is CN1CCCC(Nc2nc(NN)ncc2F)C1. The molecule has 17 heavy (non-hydrogen) atoms. The zero-order chi connectivity index (χ0) is 12.3. The van der Waals surface area contributed by atoms with Crippen LogP contribution < -0.4 is 16.6 Å². The Morgan fingerprint density at radius 2 is 2.41 bits per heavy atom. The number of likely N-dealkylation sites (tertiary alicyclic amines) is 1. The molecular formula is C10H17FN6. The van der Waals surface area contributed by atoms with Crippen LogP contribution in [0.4, 0.5) is 16.2 Å². The monoisotopic (exact) mass is 240 g/mol. The third kappa shape index (κ3) is 3.01. The molecule has 6 nitrogen and oxygen atoms in total. The van der Waals surface area contributed by atoms with Crippen LogP contribution in [-0.2, 0) is 0 Å². The lowest BCUT2D eigenvalue weighted by molar-refractivity contribution is 0.260. The molecule has 1 aromatic rings. The molecule has 1 saturated heterocycles. The molecule has 1 aromatic heterocycles. The average Bonchev–Trinajstić information content (AvgIpc) is 2.32. The van der Waals surface area contributed by atoms with Gasteiger partial charge in [-0.3, -0.25) is 5.43 Å². The molecule has 1 aliphatic heterocycles. The summed E-state index contributed by atoms with van der Waals surface area (Å²) in [4.78, 5) is 9.86. The zero-order valence-corrected chi connectivity index (χ0v) is 9.78. The van der Waals surface area contributed by atoms with Crippen molar-refractivity contribution in [1.82, 2.24) is 14.9 Å². The standard InChI is InChI=1S/C10H17FN6/c1-17-4-2-3-7(6-17)14-9-8(11)5-13-10(15-9)16-12/h5,7H,2-4,6,12H2,1H3,(H2,13,14,15,16). The molecule has 2 rings (SSSR count). The van der Waals surface area contributed by atoms with Crippen molar-refractivity contribution in [3.63, 3.8) is 0 Å². The highest BCUT2D eigenvalue weighted by Gasteiger charge is 2.18. The van der Waals surface area contributed by atoms with Gasteiger partial charge in [0.25, 0.3) is 0 Å². The normalized spacial score (nSPS) is 21.2. The summed E-state index contributed by atoms with van der Waals surface area (Å²) in [6, 6.07) is 0.212. The van der Waals surface area contributed by atoms with E-state index in [1.165, 1.54) is 0 Å². The minimum Gasteiger partial charge on any atom is -0.363 e. The summed E-state index contributed by atoms with van der Waals surface area (Å²) in [7, 11) is 2.05. The van der Waals surface area contributed by atoms with Gasteiger partial charge in [0.2, 0.25) is 5.95 Å². The van der Waals surface area contributed by atoms with Gasteiger partial charge in [-0.1, -0.05) is 0 Å². The van der Waals surface area contributed by atoms with Gasteiger partial charge >= 0.3 is 0 Å². The first-order chi connectivity index (χ1) is 8.19. The molecule has 4 N–H and O–H groups in total. The van der Waals surface area contributed by atoms with E-state index >= 15 is 0 Å². The first-order valence-corrected chi connectivity index (χ1v) is 5.63. The lowest BCUT2D eigenvalue weighted by Crippen LogP contribution is -2.40. The number of likely N-dealkylation sites (N-methyl/N-ethyl adjacent to an activating group) is 1. The van der Waals surface area contributed by atoms with E-state index < -0.39 is 5.82 Å². The first kappa shape index (κ1) is 12.0. The minimum absolute atomic E-state index is 0.202. The van der Waals surface area contributed by atoms with Crippen LogP contribution in [0.25, 0.3) is 0 Å². The Morgan fingerprint density at radius 1 is 1.59 bits per heavy atom. The third-order valence-electron chi connectivity index (χ3n) is 2.84. The molecule has 0 saturated carbocycles. The topological polar surface area (TPSA) is 79.1 Å². The predicted octanol–water partition coefficient (Wildman–Crippen LogP) is 0.407. The molecule has 0 aliphatic carbocycles. The molecule has 7 heteroatoms. The summed E-state index contributed by atoms with van der Waals surface area (Å²) >= 11 is 0. The Bertz CT molecular complexity index is 385. The van der Waals surface area contributed by atoms with Crippen LogP contribution in [0.2, 0.25) is 0 Å². The predicted molar refractivity (Wildman–Crippen MR) is 63.9 cm³/mol. The maximum Gasteiger partial charge on any atom is 0.239 e. The number of nitrogen functional groups attached to an aromatic ring is 1. The largest absolute Gasteiger partial charge is 0.363 e. The zero-order valence-electron chi connectivity index (χ0n) is 9.78. The number of hydrogen-bond acceptors (Lipinski definition) is 6. The van der Waals surface area contributed by atoms with Crippen molar-refractivity contribution in [1.29, 1.82) is 0 Å². The van der Waals surface area contributed by atoms with E-state index in [9.17, 15) is 4.39 Å². The number of hydrazine groups is 1. The number of nitrogens with zero attached hydrogens (tertiary/aromatic N) is 3. The van der Waals surface area contributed by atoms with Crippen molar-refractivity contribution in [2.75, 3.05) is 30.9 Å². The van der Waals surface area contributed by atoms with Gasteiger partial charge in [0, 0.05) is 12.6 Å². The van der Waals surface area contributed by atoms with E-state index in [1.807, 2.05) is 0 Å². The summed E-state index contributed by atoms with van der Waals surface area (Å²) in [5, 5.41) is 3.09. The molecule has 1 unspecified atom stereocenters. The number of aromatic nitrogens is 2. The molecule has 0 bridgehead atoms. The molecule has 1 atom stereocenters. The van der Waals surface area contributed by atoms with Crippen molar-refractivity contribution in [2.24, 2.45) is 5.84 Å². The first-order valence-electron chi connectivity index (χ1n) is 5.63. The average molecular weight is 240 g/mol. The lowest BCUT2D eigenvalue weighted by atomic mass is 10.1. The van der Waals surface area contributed by atoms with Crippen LogP contribution in [0, 0.1) is 5.82 Å². The highest BCUT2D eigenvalue weighted by Crippen LogP contribution is 2.16. The van der Waals surface area contributed by atoms with Gasteiger partial charge < -0.3 is 10.2 Å². The highest BCUT2D eigenvalue weighted by molar-refractivity contribution is 5.41. The van der Waals surface area contributed by atoms with E-state index in [4.69, 9.17) is 5.84 Å². The third-order valence-corrected chi connectivity index (χ3v) is 2.84. The molecule has 0 spiro atoms. The quantitative estimate of drug-likeness (QED) is 0.524. The number of hydrogen-bond donors (Lipinski definition) is 3. The summed E-state index contributed by atoms with van der Waals surface area (Å²) in [5.41, 5.74) is 2.30. The van der Waals surface area contributed by atoms with Crippen molar-refractivity contribution in [2.45, 2.75) is 18.9 Å². The van der Waals surface area contributed by atoms with Crippen LogP contribution in [0.1, 0.15) is 12.8 Å². The summed E-state index contributed by atoms with van der Waals surface area (Å²) < 4.78 is 13.5. The molecule has 0 amide bonds. The van der Waals surface area contributed by atoms with Gasteiger partial charge in [0.1, 0.15) is 0 Å². The van der Waals surface area contributed by atoms with Crippen molar-refractivity contribution in [3.8, 4) is 0 Å². The number of piperidine rings is 1. The van der Waals surface area contributed by atoms with Gasteiger partial charge in [-0.2, -0.15) is 4.98 Å². The van der Waals surface area contributed by atoms with Crippen LogP contribution in [0.3, 0.4) is 0 Å². The fourth-order valence-corrected chi connectivity index (χ4v) is 2.02. The van der Waals surface area contributed by atoms with Gasteiger partial charge in [0.15, 0.2) is 11.6 Å². The molecule has 2 heterocycles. The summed E-state index contributed by atoms with van der Waals surface area (Å²) in [6.45, 7) is 1.97. The number of anilines is 2. The second-order valence-electron chi connectivity index (χ2n) is 4.28. The number of rotatable bonds is 3. The van der Waals surface area contributed by atoms with Gasteiger partial charge in [-0.25, -0.2) is 15.2 Å². The summed E-state index contributed by atoms with van der Waals surface area (Å²) in [5.74, 6) is 5.14. The fraction of sp³-hybridized carbons (Fsp3) is 0.600. The van der Waals surface area contributed by atoms with E-state index in [2.05, 4.69) is 32.7 Å². The molecule has 0 radical (unpaired) electrons. The molecule has 1 fully saturated rings. The second-order valence-corrected chi connectivity index (χ2v) is 4.28. The Labute approximate surface area is 99.4 Å². The fourth-order valence-electron chi connectivity index (χ4n) is 2.02. The molecular weight excluding hydrogens is 223 g/mol. The van der Waals surface area contributed by atoms with Crippen LogP contribution in [-0.4, -0.2) is 41.0 Å². The van der Waals surface area contributed by atoms with Gasteiger partial charge in [-0.05, 0) is 26.4 Å². The van der Waals surface area contributed by atoms with Crippen molar-refractivity contribution in [3.05, 3.63) is 12.0 Å². The molecule has 94 valence electrons. The number of halogens is 1. The maximum atomic E-state index is 13.5. The van der Waals surface area contributed by atoms with E-state index in [0.29, 0.717) is 0 Å². The Morgan fingerprint density at radius 3 is 3.12 bits per heavy atom. The lowest BCUT2D eigenvalue weighted by Gasteiger charge is -2.30. The second kappa shape index (κ2) is 5.24. The Kier molecular flexibility index (Phi) is 3.70. The van der Waals surface area contributed by atoms with Crippen molar-refractivity contribution < 1.29 is 4.39 Å². The molecule has 1 aliphatic rings. The number of nitrogens with one attached hydrogen (secondary N) is 2. The smallest absolute Gasteiger partial charge is 0.239 e.